The first-order valence-corrected chi connectivity index (χ1v) is 4.46. The Bertz CT molecular complexity index is 311. The van der Waals surface area contributed by atoms with Gasteiger partial charge in [-0.15, -0.1) is 12.4 Å². The van der Waals surface area contributed by atoms with E-state index in [1.54, 1.807) is 0 Å². The van der Waals surface area contributed by atoms with Crippen LogP contribution in [0.5, 0.6) is 0 Å². The second-order valence-electron chi connectivity index (χ2n) is 3.31. The molecule has 0 radical (unpaired) electrons. The van der Waals surface area contributed by atoms with Crippen LogP contribution in [-0.4, -0.2) is 6.54 Å². The number of hydrogen-bond donors (Lipinski definition) is 1. The Kier molecular flexibility index (Phi) is 3.84. The van der Waals surface area contributed by atoms with Crippen molar-refractivity contribution in [1.82, 2.24) is 5.32 Å². The molecule has 0 bridgehead atoms. The zero-order valence-corrected chi connectivity index (χ0v) is 8.41. The van der Waals surface area contributed by atoms with Gasteiger partial charge in [0, 0.05) is 11.6 Å². The molecule has 1 saturated heterocycles. The van der Waals surface area contributed by atoms with E-state index in [9.17, 15) is 8.78 Å². The molecule has 0 saturated carbocycles. The van der Waals surface area contributed by atoms with Crippen LogP contribution in [-0.2, 0) is 0 Å². The summed E-state index contributed by atoms with van der Waals surface area (Å²) in [6.45, 7) is 0.890. The molecule has 2 rings (SSSR count). The van der Waals surface area contributed by atoms with Crippen LogP contribution in [0.4, 0.5) is 8.78 Å². The zero-order valence-electron chi connectivity index (χ0n) is 7.59. The van der Waals surface area contributed by atoms with E-state index in [-0.39, 0.29) is 30.1 Å². The van der Waals surface area contributed by atoms with Crippen LogP contribution < -0.4 is 5.32 Å². The molecular formula is C10H12ClF2N. The Morgan fingerprint density at radius 2 is 2.07 bits per heavy atom. The van der Waals surface area contributed by atoms with Crippen molar-refractivity contribution >= 4 is 12.4 Å². The van der Waals surface area contributed by atoms with E-state index >= 15 is 0 Å². The van der Waals surface area contributed by atoms with Gasteiger partial charge in [0.25, 0.3) is 0 Å². The first-order chi connectivity index (χ1) is 6.27. The van der Waals surface area contributed by atoms with Gasteiger partial charge < -0.3 is 5.32 Å². The Morgan fingerprint density at radius 1 is 1.29 bits per heavy atom. The molecule has 14 heavy (non-hydrogen) atoms. The molecule has 1 fully saturated rings. The highest BCUT2D eigenvalue weighted by molar-refractivity contribution is 5.85. The number of rotatable bonds is 1. The Balaban J connectivity index is 0.000000980. The lowest BCUT2D eigenvalue weighted by atomic mass is 10.0. The molecule has 0 amide bonds. The molecule has 1 heterocycles. The van der Waals surface area contributed by atoms with Gasteiger partial charge in [-0.3, -0.25) is 0 Å². The van der Waals surface area contributed by atoms with Crippen LogP contribution in [0, 0.1) is 11.6 Å². The molecular weight excluding hydrogens is 208 g/mol. The summed E-state index contributed by atoms with van der Waals surface area (Å²) in [5.41, 5.74) is 0.456. The lowest BCUT2D eigenvalue weighted by Gasteiger charge is -2.11. The van der Waals surface area contributed by atoms with Gasteiger partial charge in [0.05, 0.1) is 0 Å². The third-order valence-corrected chi connectivity index (χ3v) is 2.39. The maximum Gasteiger partial charge on any atom is 0.128 e. The van der Waals surface area contributed by atoms with Gasteiger partial charge in [0.2, 0.25) is 0 Å². The Labute approximate surface area is 87.9 Å². The van der Waals surface area contributed by atoms with Crippen LogP contribution in [0.15, 0.2) is 18.2 Å². The summed E-state index contributed by atoms with van der Waals surface area (Å²) in [5.74, 6) is -0.689. The van der Waals surface area contributed by atoms with Gasteiger partial charge in [0.1, 0.15) is 11.6 Å². The van der Waals surface area contributed by atoms with Crippen molar-refractivity contribution in [1.29, 1.82) is 0 Å². The van der Waals surface area contributed by atoms with Crippen LogP contribution >= 0.6 is 12.4 Å². The molecule has 1 aliphatic heterocycles. The molecule has 1 atom stereocenters. The minimum atomic E-state index is -0.370. The van der Waals surface area contributed by atoms with Gasteiger partial charge in [-0.1, -0.05) is 0 Å². The number of benzene rings is 1. The van der Waals surface area contributed by atoms with Crippen molar-refractivity contribution in [2.45, 2.75) is 18.9 Å². The first-order valence-electron chi connectivity index (χ1n) is 4.46. The van der Waals surface area contributed by atoms with Crippen LogP contribution in [0.25, 0.3) is 0 Å². The predicted molar refractivity (Wildman–Crippen MR) is 53.6 cm³/mol. The number of halogens is 3. The molecule has 0 aromatic heterocycles. The number of hydrogen-bond acceptors (Lipinski definition) is 1. The van der Waals surface area contributed by atoms with Gasteiger partial charge in [-0.05, 0) is 37.6 Å². The largest absolute Gasteiger partial charge is 0.310 e. The third kappa shape index (κ3) is 2.22. The molecule has 0 aliphatic carbocycles. The fourth-order valence-electron chi connectivity index (χ4n) is 1.73. The quantitative estimate of drug-likeness (QED) is 0.766. The predicted octanol–water partition coefficient (Wildman–Crippen LogP) is 2.81. The van der Waals surface area contributed by atoms with Crippen LogP contribution in [0.1, 0.15) is 24.4 Å². The minimum absolute atomic E-state index is 0. The average molecular weight is 220 g/mol. The summed E-state index contributed by atoms with van der Waals surface area (Å²) in [5, 5.41) is 3.13. The normalized spacial score (nSPS) is 20.6. The summed E-state index contributed by atoms with van der Waals surface area (Å²) >= 11 is 0. The van der Waals surface area contributed by atoms with Crippen LogP contribution in [0.3, 0.4) is 0 Å². The van der Waals surface area contributed by atoms with E-state index in [4.69, 9.17) is 0 Å². The van der Waals surface area contributed by atoms with Crippen molar-refractivity contribution < 1.29 is 8.78 Å². The van der Waals surface area contributed by atoms with E-state index in [2.05, 4.69) is 5.32 Å². The molecule has 0 spiro atoms. The summed E-state index contributed by atoms with van der Waals surface area (Å²) in [6, 6.07) is 3.60. The fraction of sp³-hybridized carbons (Fsp3) is 0.400. The second kappa shape index (κ2) is 4.71. The van der Waals surface area contributed by atoms with Crippen molar-refractivity contribution in [3.8, 4) is 0 Å². The SMILES string of the molecule is Cl.Fc1ccc(F)c(C2CCCN2)c1. The van der Waals surface area contributed by atoms with E-state index in [1.165, 1.54) is 12.1 Å². The van der Waals surface area contributed by atoms with Crippen molar-refractivity contribution in [2.75, 3.05) is 6.54 Å². The van der Waals surface area contributed by atoms with Gasteiger partial charge in [-0.2, -0.15) is 0 Å². The lowest BCUT2D eigenvalue weighted by Crippen LogP contribution is -2.14. The highest BCUT2D eigenvalue weighted by atomic mass is 35.5. The zero-order chi connectivity index (χ0) is 9.26. The summed E-state index contributed by atoms with van der Waals surface area (Å²) in [4.78, 5) is 0. The smallest absolute Gasteiger partial charge is 0.128 e. The maximum absolute atomic E-state index is 13.2. The standard InChI is InChI=1S/C10H11F2N.ClH/c11-7-3-4-9(12)8(6-7)10-2-1-5-13-10;/h3-4,6,10,13H,1-2,5H2;1H. The monoisotopic (exact) mass is 219 g/mol. The van der Waals surface area contributed by atoms with E-state index in [1.807, 2.05) is 0 Å². The molecule has 1 aromatic rings. The first kappa shape index (κ1) is 11.4. The van der Waals surface area contributed by atoms with Gasteiger partial charge >= 0.3 is 0 Å². The average Bonchev–Trinajstić information content (AvgIpc) is 2.61. The van der Waals surface area contributed by atoms with E-state index in [0.717, 1.165) is 25.5 Å². The summed E-state index contributed by atoms with van der Waals surface area (Å²) in [6.07, 6.45) is 1.92. The minimum Gasteiger partial charge on any atom is -0.310 e. The third-order valence-electron chi connectivity index (χ3n) is 2.39. The van der Waals surface area contributed by atoms with E-state index < -0.39 is 0 Å². The molecule has 78 valence electrons. The summed E-state index contributed by atoms with van der Waals surface area (Å²) in [7, 11) is 0. The second-order valence-corrected chi connectivity index (χ2v) is 3.31. The molecule has 4 heteroatoms. The molecule has 1 unspecified atom stereocenters. The van der Waals surface area contributed by atoms with Crippen molar-refractivity contribution in [3.05, 3.63) is 35.4 Å². The van der Waals surface area contributed by atoms with Gasteiger partial charge in [-0.25, -0.2) is 8.78 Å². The molecule has 1 N–H and O–H groups in total. The number of nitrogens with one attached hydrogen (secondary N) is 1. The molecule has 1 nitrogen and oxygen atoms in total. The highest BCUT2D eigenvalue weighted by Gasteiger charge is 2.19. The summed E-state index contributed by atoms with van der Waals surface area (Å²) < 4.78 is 26.0. The lowest BCUT2D eigenvalue weighted by molar-refractivity contribution is 0.543. The van der Waals surface area contributed by atoms with Crippen molar-refractivity contribution in [3.63, 3.8) is 0 Å². The molecule has 1 aliphatic rings. The Hall–Kier alpha value is -0.670. The molecule has 1 aromatic carbocycles. The maximum atomic E-state index is 13.2. The van der Waals surface area contributed by atoms with Crippen molar-refractivity contribution in [2.24, 2.45) is 0 Å². The highest BCUT2D eigenvalue weighted by Crippen LogP contribution is 2.25. The fourth-order valence-corrected chi connectivity index (χ4v) is 1.73. The van der Waals surface area contributed by atoms with Gasteiger partial charge in [0.15, 0.2) is 0 Å². The van der Waals surface area contributed by atoms with E-state index in [0.29, 0.717) is 5.56 Å². The van der Waals surface area contributed by atoms with Crippen LogP contribution in [0.2, 0.25) is 0 Å². The topological polar surface area (TPSA) is 12.0 Å². The Morgan fingerprint density at radius 3 is 2.71 bits per heavy atom.